The number of aryl methyl sites for hydroxylation is 1. The lowest BCUT2D eigenvalue weighted by Gasteiger charge is -2.35. The van der Waals surface area contributed by atoms with E-state index in [1.54, 1.807) is 17.0 Å². The van der Waals surface area contributed by atoms with Crippen molar-refractivity contribution in [3.05, 3.63) is 53.6 Å². The number of piperazine rings is 1. The quantitative estimate of drug-likeness (QED) is 0.731. The summed E-state index contributed by atoms with van der Waals surface area (Å²) in [7, 11) is 2.15. The number of ether oxygens (including phenoxy) is 1. The van der Waals surface area contributed by atoms with Crippen LogP contribution in [0.2, 0.25) is 0 Å². The minimum absolute atomic E-state index is 0.138. The number of amides is 2. The van der Waals surface area contributed by atoms with Gasteiger partial charge in [0.1, 0.15) is 11.8 Å². The van der Waals surface area contributed by atoms with Gasteiger partial charge in [-0.05, 0) is 69.6 Å². The Hall–Kier alpha value is -3.06. The van der Waals surface area contributed by atoms with Crippen LogP contribution in [0.25, 0.3) is 0 Å². The van der Waals surface area contributed by atoms with Crippen LogP contribution in [-0.4, -0.2) is 74.0 Å². The van der Waals surface area contributed by atoms with E-state index in [9.17, 15) is 9.59 Å². The molecule has 0 aliphatic carbocycles. The van der Waals surface area contributed by atoms with Gasteiger partial charge in [0.25, 0.3) is 5.91 Å². The average Bonchev–Trinajstić information content (AvgIpc) is 3.30. The third-order valence-corrected chi connectivity index (χ3v) is 6.54. The molecule has 176 valence electrons. The molecule has 1 atom stereocenters. The standard InChI is InChI=1S/C26H34N4O3/c1-4-33-24-10-6-5-8-21(24)26(32)30-13-7-9-23(30)25(31)27-20-11-12-22(19(2)18-20)29-16-14-28(3)15-17-29/h5-6,8,10-12,18,23H,4,7,9,13-17H2,1-3H3,(H,27,31). The Morgan fingerprint density at radius 1 is 1.06 bits per heavy atom. The molecule has 7 nitrogen and oxygen atoms in total. The van der Waals surface area contributed by atoms with Crippen molar-refractivity contribution in [3.63, 3.8) is 0 Å². The number of nitrogens with one attached hydrogen (secondary N) is 1. The maximum atomic E-state index is 13.3. The summed E-state index contributed by atoms with van der Waals surface area (Å²) >= 11 is 0. The number of para-hydroxylation sites is 1. The summed E-state index contributed by atoms with van der Waals surface area (Å²) in [5, 5.41) is 3.05. The number of benzene rings is 2. The highest BCUT2D eigenvalue weighted by atomic mass is 16.5. The molecule has 0 radical (unpaired) electrons. The molecule has 7 heteroatoms. The van der Waals surface area contributed by atoms with Crippen molar-refractivity contribution < 1.29 is 14.3 Å². The molecule has 2 aromatic rings. The van der Waals surface area contributed by atoms with Crippen molar-refractivity contribution in [2.45, 2.75) is 32.7 Å². The van der Waals surface area contributed by atoms with Crippen molar-refractivity contribution in [3.8, 4) is 5.75 Å². The summed E-state index contributed by atoms with van der Waals surface area (Å²) in [5.74, 6) is 0.269. The second kappa shape index (κ2) is 10.3. The summed E-state index contributed by atoms with van der Waals surface area (Å²) in [6, 6.07) is 12.8. The maximum absolute atomic E-state index is 13.3. The van der Waals surface area contributed by atoms with Crippen molar-refractivity contribution >= 4 is 23.2 Å². The van der Waals surface area contributed by atoms with Gasteiger partial charge < -0.3 is 24.8 Å². The van der Waals surface area contributed by atoms with Crippen molar-refractivity contribution in [2.24, 2.45) is 0 Å². The predicted octanol–water partition coefficient (Wildman–Crippen LogP) is 3.39. The predicted molar refractivity (Wildman–Crippen MR) is 131 cm³/mol. The molecule has 1 N–H and O–H groups in total. The molecule has 0 bridgehead atoms. The molecule has 2 heterocycles. The van der Waals surface area contributed by atoms with E-state index in [1.165, 1.54) is 5.69 Å². The molecule has 2 amide bonds. The molecule has 2 fully saturated rings. The Labute approximate surface area is 196 Å². The topological polar surface area (TPSA) is 65.1 Å². The van der Waals surface area contributed by atoms with Gasteiger partial charge >= 0.3 is 0 Å². The highest BCUT2D eigenvalue weighted by Gasteiger charge is 2.35. The van der Waals surface area contributed by atoms with E-state index in [-0.39, 0.29) is 11.8 Å². The van der Waals surface area contributed by atoms with Crippen LogP contribution in [0.1, 0.15) is 35.7 Å². The lowest BCUT2D eigenvalue weighted by Crippen LogP contribution is -2.44. The van der Waals surface area contributed by atoms with Crippen LogP contribution in [0.15, 0.2) is 42.5 Å². The van der Waals surface area contributed by atoms with Gasteiger partial charge in [0.05, 0.1) is 12.2 Å². The monoisotopic (exact) mass is 450 g/mol. The van der Waals surface area contributed by atoms with Crippen LogP contribution >= 0.6 is 0 Å². The van der Waals surface area contributed by atoms with Crippen LogP contribution in [0, 0.1) is 6.92 Å². The Kier molecular flexibility index (Phi) is 7.18. The van der Waals surface area contributed by atoms with Gasteiger partial charge in [-0.2, -0.15) is 0 Å². The molecule has 0 aromatic heterocycles. The van der Waals surface area contributed by atoms with E-state index >= 15 is 0 Å². The summed E-state index contributed by atoms with van der Waals surface area (Å²) < 4.78 is 5.63. The normalized spacial score (nSPS) is 18.9. The van der Waals surface area contributed by atoms with Gasteiger partial charge in [-0.3, -0.25) is 9.59 Å². The number of likely N-dealkylation sites (tertiary alicyclic amines) is 1. The van der Waals surface area contributed by atoms with Crippen LogP contribution < -0.4 is 15.0 Å². The fourth-order valence-electron chi connectivity index (χ4n) is 4.72. The van der Waals surface area contributed by atoms with E-state index in [4.69, 9.17) is 4.74 Å². The average molecular weight is 451 g/mol. The third-order valence-electron chi connectivity index (χ3n) is 6.54. The Morgan fingerprint density at radius 2 is 1.82 bits per heavy atom. The van der Waals surface area contributed by atoms with Gasteiger partial charge in [0.15, 0.2) is 0 Å². The first-order valence-electron chi connectivity index (χ1n) is 11.9. The first-order chi connectivity index (χ1) is 16.0. The van der Waals surface area contributed by atoms with E-state index in [2.05, 4.69) is 35.2 Å². The van der Waals surface area contributed by atoms with Crippen LogP contribution in [-0.2, 0) is 4.79 Å². The van der Waals surface area contributed by atoms with Gasteiger partial charge in [0, 0.05) is 44.1 Å². The summed E-state index contributed by atoms with van der Waals surface area (Å²) in [4.78, 5) is 32.8. The largest absolute Gasteiger partial charge is 0.493 e. The zero-order chi connectivity index (χ0) is 23.4. The smallest absolute Gasteiger partial charge is 0.258 e. The van der Waals surface area contributed by atoms with Crippen LogP contribution in [0.5, 0.6) is 5.75 Å². The summed E-state index contributed by atoms with van der Waals surface area (Å²) in [6.07, 6.45) is 1.47. The highest BCUT2D eigenvalue weighted by Crippen LogP contribution is 2.28. The van der Waals surface area contributed by atoms with Crippen molar-refractivity contribution in [2.75, 3.05) is 56.6 Å². The molecular weight excluding hydrogens is 416 g/mol. The van der Waals surface area contributed by atoms with Gasteiger partial charge in [-0.1, -0.05) is 12.1 Å². The number of carbonyl (C=O) groups excluding carboxylic acids is 2. The second-order valence-electron chi connectivity index (χ2n) is 8.87. The zero-order valence-corrected chi connectivity index (χ0v) is 19.8. The van der Waals surface area contributed by atoms with Crippen LogP contribution in [0.3, 0.4) is 0 Å². The lowest BCUT2D eigenvalue weighted by atomic mass is 10.1. The Bertz CT molecular complexity index is 1000. The van der Waals surface area contributed by atoms with E-state index in [0.717, 1.165) is 43.9 Å². The molecule has 2 saturated heterocycles. The SMILES string of the molecule is CCOc1ccccc1C(=O)N1CCCC1C(=O)Nc1ccc(N2CCN(C)CC2)c(C)c1. The number of hydrogen-bond donors (Lipinski definition) is 1. The molecule has 4 rings (SSSR count). The fraction of sp³-hybridized carbons (Fsp3) is 0.462. The minimum atomic E-state index is -0.482. The molecule has 33 heavy (non-hydrogen) atoms. The van der Waals surface area contributed by atoms with Crippen molar-refractivity contribution in [1.29, 1.82) is 0 Å². The van der Waals surface area contributed by atoms with E-state index < -0.39 is 6.04 Å². The van der Waals surface area contributed by atoms with Gasteiger partial charge in [0.2, 0.25) is 5.91 Å². The third kappa shape index (κ3) is 5.14. The number of nitrogens with zero attached hydrogens (tertiary/aromatic N) is 3. The first-order valence-corrected chi connectivity index (χ1v) is 11.9. The highest BCUT2D eigenvalue weighted by molar-refractivity contribution is 6.02. The van der Waals surface area contributed by atoms with Crippen LogP contribution in [0.4, 0.5) is 11.4 Å². The molecule has 2 aromatic carbocycles. The Morgan fingerprint density at radius 3 is 2.55 bits per heavy atom. The number of carbonyl (C=O) groups is 2. The van der Waals surface area contributed by atoms with E-state index in [1.807, 2.05) is 31.2 Å². The maximum Gasteiger partial charge on any atom is 0.258 e. The van der Waals surface area contributed by atoms with Crippen molar-refractivity contribution in [1.82, 2.24) is 9.80 Å². The van der Waals surface area contributed by atoms with Gasteiger partial charge in [-0.15, -0.1) is 0 Å². The minimum Gasteiger partial charge on any atom is -0.493 e. The summed E-state index contributed by atoms with van der Waals surface area (Å²) in [6.45, 7) is 9.14. The fourth-order valence-corrected chi connectivity index (χ4v) is 4.72. The van der Waals surface area contributed by atoms with E-state index in [0.29, 0.717) is 30.9 Å². The molecule has 1 unspecified atom stereocenters. The molecule has 2 aliphatic rings. The van der Waals surface area contributed by atoms with Gasteiger partial charge in [-0.25, -0.2) is 0 Å². The number of likely N-dealkylation sites (N-methyl/N-ethyl adjacent to an activating group) is 1. The zero-order valence-electron chi connectivity index (χ0n) is 19.8. The molecule has 0 saturated carbocycles. The molecular formula is C26H34N4O3. The molecule has 2 aliphatic heterocycles. The molecule has 0 spiro atoms. The number of hydrogen-bond acceptors (Lipinski definition) is 5. The lowest BCUT2D eigenvalue weighted by molar-refractivity contribution is -0.119. The second-order valence-corrected chi connectivity index (χ2v) is 8.87. The summed E-state index contributed by atoms with van der Waals surface area (Å²) in [5.41, 5.74) is 3.63. The Balaban J connectivity index is 1.45. The number of anilines is 2. The first kappa shape index (κ1) is 23.1. The number of rotatable bonds is 6.